The summed E-state index contributed by atoms with van der Waals surface area (Å²) >= 11 is 0. The summed E-state index contributed by atoms with van der Waals surface area (Å²) in [6.45, 7) is 7.89. The van der Waals surface area contributed by atoms with Crippen molar-refractivity contribution in [2.24, 2.45) is 0 Å². The quantitative estimate of drug-likeness (QED) is 0.445. The normalized spacial score (nSPS) is 10.8. The Balaban J connectivity index is 1.77. The molecule has 0 radical (unpaired) electrons. The van der Waals surface area contributed by atoms with Gasteiger partial charge in [-0.15, -0.1) is 0 Å². The molecule has 3 heteroatoms. The van der Waals surface area contributed by atoms with Crippen LogP contribution in [0.1, 0.15) is 58.4 Å². The van der Waals surface area contributed by atoms with Gasteiger partial charge in [0.05, 0.1) is 18.4 Å². The highest BCUT2D eigenvalue weighted by molar-refractivity contribution is 5.56. The van der Waals surface area contributed by atoms with Crippen molar-refractivity contribution in [2.75, 3.05) is 11.9 Å². The SMILES string of the molecule is CCCCCCCOc1ccc(CNc2ccccc2OC(C)C)cc1. The molecule has 26 heavy (non-hydrogen) atoms. The summed E-state index contributed by atoms with van der Waals surface area (Å²) in [5.74, 6) is 1.85. The van der Waals surface area contributed by atoms with E-state index in [0.717, 1.165) is 36.8 Å². The van der Waals surface area contributed by atoms with Gasteiger partial charge in [0.25, 0.3) is 0 Å². The van der Waals surface area contributed by atoms with Crippen molar-refractivity contribution >= 4 is 5.69 Å². The van der Waals surface area contributed by atoms with Gasteiger partial charge in [0.1, 0.15) is 11.5 Å². The number of nitrogens with one attached hydrogen (secondary N) is 1. The fraction of sp³-hybridized carbons (Fsp3) is 0.478. The molecule has 142 valence electrons. The van der Waals surface area contributed by atoms with E-state index in [1.165, 1.54) is 31.2 Å². The van der Waals surface area contributed by atoms with Crippen molar-refractivity contribution in [3.63, 3.8) is 0 Å². The highest BCUT2D eigenvalue weighted by Crippen LogP contribution is 2.25. The van der Waals surface area contributed by atoms with E-state index >= 15 is 0 Å². The fourth-order valence-corrected chi connectivity index (χ4v) is 2.77. The van der Waals surface area contributed by atoms with Crippen LogP contribution in [0.5, 0.6) is 11.5 Å². The molecule has 1 N–H and O–H groups in total. The zero-order valence-corrected chi connectivity index (χ0v) is 16.5. The zero-order valence-electron chi connectivity index (χ0n) is 16.5. The zero-order chi connectivity index (χ0) is 18.6. The second-order valence-electron chi connectivity index (χ2n) is 6.92. The highest BCUT2D eigenvalue weighted by atomic mass is 16.5. The topological polar surface area (TPSA) is 30.5 Å². The van der Waals surface area contributed by atoms with Gasteiger partial charge in [-0.25, -0.2) is 0 Å². The van der Waals surface area contributed by atoms with Crippen molar-refractivity contribution in [2.45, 2.75) is 65.5 Å². The lowest BCUT2D eigenvalue weighted by Gasteiger charge is -2.15. The molecular weight excluding hydrogens is 322 g/mol. The number of ether oxygens (including phenoxy) is 2. The van der Waals surface area contributed by atoms with E-state index in [4.69, 9.17) is 9.47 Å². The summed E-state index contributed by atoms with van der Waals surface area (Å²) in [7, 11) is 0. The Morgan fingerprint density at radius 3 is 2.35 bits per heavy atom. The monoisotopic (exact) mass is 355 g/mol. The number of anilines is 1. The highest BCUT2D eigenvalue weighted by Gasteiger charge is 2.04. The van der Waals surface area contributed by atoms with Gasteiger partial charge in [-0.1, -0.05) is 56.9 Å². The summed E-state index contributed by atoms with van der Waals surface area (Å²) in [5.41, 5.74) is 2.24. The van der Waals surface area contributed by atoms with Gasteiger partial charge in [-0.2, -0.15) is 0 Å². The number of hydrogen-bond acceptors (Lipinski definition) is 3. The number of hydrogen-bond donors (Lipinski definition) is 1. The molecule has 2 aromatic rings. The maximum atomic E-state index is 5.85. The van der Waals surface area contributed by atoms with Crippen molar-refractivity contribution in [1.82, 2.24) is 0 Å². The number of rotatable bonds is 12. The van der Waals surface area contributed by atoms with Crippen LogP contribution in [0.25, 0.3) is 0 Å². The third-order valence-corrected chi connectivity index (χ3v) is 4.17. The summed E-state index contributed by atoms with van der Waals surface area (Å²) < 4.78 is 11.7. The molecule has 0 saturated heterocycles. The Morgan fingerprint density at radius 2 is 1.62 bits per heavy atom. The Kier molecular flexibility index (Phi) is 8.88. The molecule has 0 spiro atoms. The molecule has 0 aromatic heterocycles. The largest absolute Gasteiger partial charge is 0.494 e. The number of unbranched alkanes of at least 4 members (excludes halogenated alkanes) is 4. The van der Waals surface area contributed by atoms with Crippen molar-refractivity contribution in [3.8, 4) is 11.5 Å². The van der Waals surface area contributed by atoms with Gasteiger partial charge in [0, 0.05) is 6.54 Å². The lowest BCUT2D eigenvalue weighted by molar-refractivity contribution is 0.243. The second-order valence-corrected chi connectivity index (χ2v) is 6.92. The van der Waals surface area contributed by atoms with Crippen LogP contribution in [0, 0.1) is 0 Å². The molecule has 3 nitrogen and oxygen atoms in total. The Hall–Kier alpha value is -2.16. The standard InChI is InChI=1S/C23H33NO2/c1-4-5-6-7-10-17-25-21-15-13-20(14-16-21)18-24-22-11-8-9-12-23(22)26-19(2)3/h8-9,11-16,19,24H,4-7,10,17-18H2,1-3H3. The van der Waals surface area contributed by atoms with Crippen molar-refractivity contribution in [3.05, 3.63) is 54.1 Å². The lowest BCUT2D eigenvalue weighted by Crippen LogP contribution is -2.08. The molecule has 0 saturated carbocycles. The average Bonchev–Trinajstić information content (AvgIpc) is 2.64. The third kappa shape index (κ3) is 7.38. The molecular formula is C23H33NO2. The van der Waals surface area contributed by atoms with Crippen LogP contribution < -0.4 is 14.8 Å². The maximum absolute atomic E-state index is 5.85. The minimum Gasteiger partial charge on any atom is -0.494 e. The Labute approximate surface area is 158 Å². The average molecular weight is 356 g/mol. The molecule has 2 rings (SSSR count). The molecule has 0 bridgehead atoms. The first-order chi connectivity index (χ1) is 12.7. The smallest absolute Gasteiger partial charge is 0.142 e. The van der Waals surface area contributed by atoms with Gasteiger partial charge >= 0.3 is 0 Å². The number of para-hydroxylation sites is 2. The first-order valence-corrected chi connectivity index (χ1v) is 9.90. The van der Waals surface area contributed by atoms with Gasteiger partial charge in [-0.05, 0) is 50.1 Å². The number of benzene rings is 2. The third-order valence-electron chi connectivity index (χ3n) is 4.17. The first-order valence-electron chi connectivity index (χ1n) is 9.90. The van der Waals surface area contributed by atoms with E-state index < -0.39 is 0 Å². The van der Waals surface area contributed by atoms with Gasteiger partial charge in [0.2, 0.25) is 0 Å². The van der Waals surface area contributed by atoms with E-state index in [0.29, 0.717) is 0 Å². The summed E-state index contributed by atoms with van der Waals surface area (Å²) in [6.07, 6.45) is 6.48. The fourth-order valence-electron chi connectivity index (χ4n) is 2.77. The first kappa shape index (κ1) is 20.2. The van der Waals surface area contributed by atoms with E-state index in [2.05, 4.69) is 36.5 Å². The van der Waals surface area contributed by atoms with Crippen molar-refractivity contribution in [1.29, 1.82) is 0 Å². The molecule has 0 aliphatic carbocycles. The van der Waals surface area contributed by atoms with Crippen LogP contribution in [0.4, 0.5) is 5.69 Å². The van der Waals surface area contributed by atoms with E-state index in [-0.39, 0.29) is 6.10 Å². The molecule has 0 unspecified atom stereocenters. The van der Waals surface area contributed by atoms with Gasteiger partial charge < -0.3 is 14.8 Å². The van der Waals surface area contributed by atoms with E-state index in [1.54, 1.807) is 0 Å². The van der Waals surface area contributed by atoms with Crippen LogP contribution in [0.15, 0.2) is 48.5 Å². The summed E-state index contributed by atoms with van der Waals surface area (Å²) in [4.78, 5) is 0. The molecule has 0 heterocycles. The minimum absolute atomic E-state index is 0.163. The maximum Gasteiger partial charge on any atom is 0.142 e. The lowest BCUT2D eigenvalue weighted by atomic mass is 10.2. The summed E-state index contributed by atoms with van der Waals surface area (Å²) in [6, 6.07) is 16.4. The van der Waals surface area contributed by atoms with Crippen molar-refractivity contribution < 1.29 is 9.47 Å². The Bertz CT molecular complexity index is 622. The van der Waals surface area contributed by atoms with Crippen LogP contribution in [0.2, 0.25) is 0 Å². The van der Waals surface area contributed by atoms with E-state index in [9.17, 15) is 0 Å². The van der Waals surface area contributed by atoms with Gasteiger partial charge in [0.15, 0.2) is 0 Å². The molecule has 0 fully saturated rings. The van der Waals surface area contributed by atoms with Crippen LogP contribution in [-0.2, 0) is 6.54 Å². The second kappa shape index (κ2) is 11.5. The molecule has 0 aliphatic rings. The van der Waals surface area contributed by atoms with Crippen LogP contribution >= 0.6 is 0 Å². The van der Waals surface area contributed by atoms with Gasteiger partial charge in [-0.3, -0.25) is 0 Å². The summed E-state index contributed by atoms with van der Waals surface area (Å²) in [5, 5.41) is 3.46. The molecule has 0 amide bonds. The Morgan fingerprint density at radius 1 is 0.885 bits per heavy atom. The molecule has 0 atom stereocenters. The molecule has 2 aromatic carbocycles. The predicted molar refractivity (Wildman–Crippen MR) is 110 cm³/mol. The minimum atomic E-state index is 0.163. The van der Waals surface area contributed by atoms with E-state index in [1.807, 2.05) is 38.1 Å². The van der Waals surface area contributed by atoms with Crippen LogP contribution in [-0.4, -0.2) is 12.7 Å². The predicted octanol–water partition coefficient (Wildman–Crippen LogP) is 6.44. The molecule has 0 aliphatic heterocycles. The van der Waals surface area contributed by atoms with Crippen LogP contribution in [0.3, 0.4) is 0 Å².